The molecule has 0 radical (unpaired) electrons. The van der Waals surface area contributed by atoms with Gasteiger partial charge in [-0.3, -0.25) is 30.2 Å². The van der Waals surface area contributed by atoms with Crippen LogP contribution in [0.15, 0.2) is 54.7 Å². The summed E-state index contributed by atoms with van der Waals surface area (Å²) in [6.45, 7) is 2.79. The van der Waals surface area contributed by atoms with Gasteiger partial charge in [-0.2, -0.15) is 0 Å². The molecular formula is C20H23N5O3. The molecule has 0 spiro atoms. The van der Waals surface area contributed by atoms with Crippen LogP contribution in [0.5, 0.6) is 0 Å². The molecule has 3 amide bonds. The molecule has 8 nitrogen and oxygen atoms in total. The maximum atomic E-state index is 12.3. The van der Waals surface area contributed by atoms with E-state index < -0.39 is 11.8 Å². The third-order valence-electron chi connectivity index (χ3n) is 4.53. The summed E-state index contributed by atoms with van der Waals surface area (Å²) in [7, 11) is 0. The molecule has 2 heterocycles. The van der Waals surface area contributed by atoms with Crippen molar-refractivity contribution < 1.29 is 14.4 Å². The Balaban J connectivity index is 1.36. The Morgan fingerprint density at radius 2 is 1.57 bits per heavy atom. The monoisotopic (exact) mass is 381 g/mol. The van der Waals surface area contributed by atoms with E-state index in [9.17, 15) is 14.4 Å². The minimum absolute atomic E-state index is 0.0141. The number of anilines is 1. The van der Waals surface area contributed by atoms with Gasteiger partial charge in [-0.1, -0.05) is 24.3 Å². The highest BCUT2D eigenvalue weighted by atomic mass is 16.2. The maximum absolute atomic E-state index is 12.3. The first-order chi connectivity index (χ1) is 13.6. The van der Waals surface area contributed by atoms with Crippen LogP contribution in [0.2, 0.25) is 0 Å². The van der Waals surface area contributed by atoms with E-state index in [0.717, 1.165) is 18.8 Å². The summed E-state index contributed by atoms with van der Waals surface area (Å²) in [5.41, 5.74) is 5.96. The van der Waals surface area contributed by atoms with E-state index in [1.165, 1.54) is 6.20 Å². The lowest BCUT2D eigenvalue weighted by Gasteiger charge is -2.36. The quantitative estimate of drug-likeness (QED) is 0.753. The molecule has 146 valence electrons. The molecule has 2 aromatic rings. The molecule has 3 rings (SSSR count). The van der Waals surface area contributed by atoms with Gasteiger partial charge in [-0.15, -0.1) is 0 Å². The molecule has 0 bridgehead atoms. The highest BCUT2D eigenvalue weighted by Gasteiger charge is 2.21. The molecule has 2 N–H and O–H groups in total. The Bertz CT molecular complexity index is 805. The first-order valence-electron chi connectivity index (χ1n) is 9.21. The molecule has 1 aliphatic heterocycles. The Kier molecular flexibility index (Phi) is 6.56. The van der Waals surface area contributed by atoms with E-state index in [0.29, 0.717) is 13.1 Å². The van der Waals surface area contributed by atoms with Crippen molar-refractivity contribution in [3.05, 3.63) is 60.4 Å². The lowest BCUT2D eigenvalue weighted by atomic mass is 10.2. The number of hydrogen-bond acceptors (Lipinski definition) is 5. The predicted octanol–water partition coefficient (Wildman–Crippen LogP) is 0.972. The van der Waals surface area contributed by atoms with Crippen LogP contribution in [0.3, 0.4) is 0 Å². The number of nitrogens with zero attached hydrogens (tertiary/aromatic N) is 3. The zero-order valence-corrected chi connectivity index (χ0v) is 15.5. The van der Waals surface area contributed by atoms with E-state index in [1.54, 1.807) is 23.1 Å². The van der Waals surface area contributed by atoms with E-state index in [1.807, 2.05) is 18.2 Å². The van der Waals surface area contributed by atoms with Gasteiger partial charge in [0.25, 0.3) is 5.91 Å². The summed E-state index contributed by atoms with van der Waals surface area (Å²) >= 11 is 0. The lowest BCUT2D eigenvalue weighted by molar-refractivity contribution is -0.134. The molecular weight excluding hydrogens is 358 g/mol. The van der Waals surface area contributed by atoms with E-state index in [2.05, 4.69) is 32.9 Å². The van der Waals surface area contributed by atoms with Crippen molar-refractivity contribution in [2.45, 2.75) is 12.8 Å². The molecule has 1 saturated heterocycles. The van der Waals surface area contributed by atoms with Crippen molar-refractivity contribution in [3.63, 3.8) is 0 Å². The molecule has 1 aromatic heterocycles. The minimum Gasteiger partial charge on any atom is -0.368 e. The van der Waals surface area contributed by atoms with Crippen LogP contribution in [0.4, 0.5) is 5.69 Å². The smallest absolute Gasteiger partial charge is 0.288 e. The molecule has 0 aliphatic carbocycles. The van der Waals surface area contributed by atoms with Crippen LogP contribution in [0, 0.1) is 0 Å². The van der Waals surface area contributed by atoms with Gasteiger partial charge in [-0.05, 0) is 24.3 Å². The van der Waals surface area contributed by atoms with Gasteiger partial charge in [0, 0.05) is 50.9 Å². The number of nitrogens with one attached hydrogen (secondary N) is 2. The Hall–Kier alpha value is -3.42. The van der Waals surface area contributed by atoms with Crippen molar-refractivity contribution >= 4 is 23.4 Å². The fourth-order valence-electron chi connectivity index (χ4n) is 2.98. The maximum Gasteiger partial charge on any atom is 0.288 e. The molecule has 8 heteroatoms. The lowest BCUT2D eigenvalue weighted by Crippen LogP contribution is -2.49. The van der Waals surface area contributed by atoms with Gasteiger partial charge >= 0.3 is 0 Å². The molecule has 1 aromatic carbocycles. The van der Waals surface area contributed by atoms with Crippen molar-refractivity contribution in [3.8, 4) is 0 Å². The number of benzene rings is 1. The molecule has 28 heavy (non-hydrogen) atoms. The van der Waals surface area contributed by atoms with E-state index in [-0.39, 0.29) is 24.4 Å². The number of hydrogen-bond donors (Lipinski definition) is 2. The summed E-state index contributed by atoms with van der Waals surface area (Å²) in [5.74, 6) is -0.975. The van der Waals surface area contributed by atoms with Crippen LogP contribution < -0.4 is 15.8 Å². The molecule has 1 aliphatic rings. The Morgan fingerprint density at radius 1 is 0.857 bits per heavy atom. The van der Waals surface area contributed by atoms with Crippen LogP contribution in [0.25, 0.3) is 0 Å². The highest BCUT2D eigenvalue weighted by Crippen LogP contribution is 2.16. The third-order valence-corrected chi connectivity index (χ3v) is 4.53. The largest absolute Gasteiger partial charge is 0.368 e. The summed E-state index contributed by atoms with van der Waals surface area (Å²) in [6.07, 6.45) is 1.61. The topological polar surface area (TPSA) is 94.6 Å². The number of para-hydroxylation sites is 1. The summed E-state index contributed by atoms with van der Waals surface area (Å²) in [4.78, 5) is 43.9. The van der Waals surface area contributed by atoms with Gasteiger partial charge in [0.2, 0.25) is 11.8 Å². The number of pyridine rings is 1. The first-order valence-corrected chi connectivity index (χ1v) is 9.21. The number of amides is 3. The molecule has 0 saturated carbocycles. The second-order valence-corrected chi connectivity index (χ2v) is 6.42. The number of hydrazine groups is 1. The molecule has 0 atom stereocenters. The van der Waals surface area contributed by atoms with Gasteiger partial charge in [-0.25, -0.2) is 0 Å². The number of carbonyl (C=O) groups is 3. The Morgan fingerprint density at radius 3 is 2.25 bits per heavy atom. The van der Waals surface area contributed by atoms with E-state index >= 15 is 0 Å². The van der Waals surface area contributed by atoms with Gasteiger partial charge in [0.1, 0.15) is 5.69 Å². The van der Waals surface area contributed by atoms with Crippen LogP contribution in [-0.4, -0.2) is 53.8 Å². The highest BCUT2D eigenvalue weighted by molar-refractivity contribution is 5.93. The molecule has 0 unspecified atom stereocenters. The van der Waals surface area contributed by atoms with Crippen LogP contribution >= 0.6 is 0 Å². The van der Waals surface area contributed by atoms with Crippen molar-refractivity contribution in [1.29, 1.82) is 0 Å². The number of piperazine rings is 1. The summed E-state index contributed by atoms with van der Waals surface area (Å²) in [6, 6.07) is 15.0. The summed E-state index contributed by atoms with van der Waals surface area (Å²) in [5, 5.41) is 0. The van der Waals surface area contributed by atoms with Crippen LogP contribution in [0.1, 0.15) is 23.3 Å². The standard InChI is InChI=1S/C20H23N5O3/c26-18(22-23-20(28)17-8-4-5-11-21-17)9-10-19(27)25-14-12-24(13-15-25)16-6-2-1-3-7-16/h1-8,11H,9-10,12-15H2,(H,22,26)(H,23,28). The zero-order chi connectivity index (χ0) is 19.8. The van der Waals surface area contributed by atoms with Crippen molar-refractivity contribution in [1.82, 2.24) is 20.7 Å². The zero-order valence-electron chi connectivity index (χ0n) is 15.5. The second kappa shape index (κ2) is 9.50. The average Bonchev–Trinajstić information content (AvgIpc) is 2.77. The fraction of sp³-hybridized carbons (Fsp3) is 0.300. The van der Waals surface area contributed by atoms with Gasteiger partial charge in [0.05, 0.1) is 0 Å². The second-order valence-electron chi connectivity index (χ2n) is 6.42. The normalized spacial score (nSPS) is 13.7. The summed E-state index contributed by atoms with van der Waals surface area (Å²) < 4.78 is 0. The fourth-order valence-corrected chi connectivity index (χ4v) is 2.98. The van der Waals surface area contributed by atoms with Gasteiger partial charge < -0.3 is 9.80 Å². The Labute approximate surface area is 163 Å². The number of aromatic nitrogens is 1. The van der Waals surface area contributed by atoms with Gasteiger partial charge in [0.15, 0.2) is 0 Å². The average molecular weight is 381 g/mol. The first kappa shape index (κ1) is 19.3. The minimum atomic E-state index is -0.502. The molecule has 1 fully saturated rings. The third kappa shape index (κ3) is 5.29. The number of rotatable bonds is 5. The van der Waals surface area contributed by atoms with Crippen LogP contribution in [-0.2, 0) is 9.59 Å². The number of carbonyl (C=O) groups excluding carboxylic acids is 3. The van der Waals surface area contributed by atoms with E-state index in [4.69, 9.17) is 0 Å². The van der Waals surface area contributed by atoms with Crippen molar-refractivity contribution in [2.24, 2.45) is 0 Å². The van der Waals surface area contributed by atoms with Crippen molar-refractivity contribution in [2.75, 3.05) is 31.1 Å². The SMILES string of the molecule is O=C(CCC(=O)N1CCN(c2ccccc2)CC1)NNC(=O)c1ccccn1. The predicted molar refractivity (Wildman–Crippen MR) is 104 cm³/mol.